The molecule has 0 aromatic rings. The number of hydrogen-bond donors (Lipinski definition) is 1. The molecule has 5 heteroatoms. The molecule has 18 heavy (non-hydrogen) atoms. The third kappa shape index (κ3) is 2.95. The van der Waals surface area contributed by atoms with E-state index in [-0.39, 0.29) is 24.0 Å². The molecule has 2 fully saturated rings. The second-order valence-electron chi connectivity index (χ2n) is 6.62. The molecule has 2 saturated heterocycles. The molecule has 0 radical (unpaired) electrons. The number of amides is 1. The van der Waals surface area contributed by atoms with Gasteiger partial charge >= 0.3 is 6.09 Å². The molecule has 2 aliphatic heterocycles. The first-order valence-electron chi connectivity index (χ1n) is 6.61. The Labute approximate surface area is 109 Å². The first-order valence-corrected chi connectivity index (χ1v) is 6.61. The van der Waals surface area contributed by atoms with Crippen molar-refractivity contribution >= 4 is 6.09 Å². The van der Waals surface area contributed by atoms with Crippen molar-refractivity contribution < 1.29 is 14.6 Å². The summed E-state index contributed by atoms with van der Waals surface area (Å²) in [7, 11) is 2.06. The summed E-state index contributed by atoms with van der Waals surface area (Å²) in [4.78, 5) is 16.0. The highest BCUT2D eigenvalue weighted by Crippen LogP contribution is 2.29. The number of aliphatic hydroxyl groups excluding tert-OH is 1. The van der Waals surface area contributed by atoms with E-state index in [1.807, 2.05) is 20.8 Å². The Balaban J connectivity index is 2.00. The SMILES string of the molecule is CN1CC2CN(C(=O)OC(C)(C)C)CC(C1)C2O. The van der Waals surface area contributed by atoms with Crippen LogP contribution >= 0.6 is 0 Å². The number of piperidine rings is 2. The molecule has 0 aromatic heterocycles. The van der Waals surface area contributed by atoms with Crippen LogP contribution in [-0.2, 0) is 4.74 Å². The van der Waals surface area contributed by atoms with Gasteiger partial charge in [-0.3, -0.25) is 0 Å². The normalized spacial score (nSPS) is 33.4. The number of aliphatic hydroxyl groups is 1. The highest BCUT2D eigenvalue weighted by atomic mass is 16.6. The maximum Gasteiger partial charge on any atom is 0.410 e. The molecule has 1 amide bonds. The Morgan fingerprint density at radius 2 is 1.67 bits per heavy atom. The van der Waals surface area contributed by atoms with Crippen LogP contribution < -0.4 is 0 Å². The van der Waals surface area contributed by atoms with Crippen LogP contribution in [0.25, 0.3) is 0 Å². The van der Waals surface area contributed by atoms with Gasteiger partial charge in [-0.05, 0) is 27.8 Å². The fraction of sp³-hybridized carbons (Fsp3) is 0.923. The lowest BCUT2D eigenvalue weighted by Gasteiger charge is -2.47. The quantitative estimate of drug-likeness (QED) is 0.696. The number of carbonyl (C=O) groups excluding carboxylic acids is 1. The van der Waals surface area contributed by atoms with E-state index in [1.54, 1.807) is 4.90 Å². The highest BCUT2D eigenvalue weighted by Gasteiger charge is 2.42. The van der Waals surface area contributed by atoms with Gasteiger partial charge in [-0.25, -0.2) is 4.79 Å². The van der Waals surface area contributed by atoms with E-state index < -0.39 is 5.60 Å². The Bertz CT molecular complexity index is 311. The van der Waals surface area contributed by atoms with E-state index >= 15 is 0 Å². The Morgan fingerprint density at radius 3 is 2.11 bits per heavy atom. The van der Waals surface area contributed by atoms with Gasteiger partial charge in [0.2, 0.25) is 0 Å². The minimum absolute atomic E-state index is 0.148. The van der Waals surface area contributed by atoms with E-state index in [4.69, 9.17) is 4.74 Å². The van der Waals surface area contributed by atoms with E-state index in [0.29, 0.717) is 13.1 Å². The summed E-state index contributed by atoms with van der Waals surface area (Å²) < 4.78 is 5.40. The predicted molar refractivity (Wildman–Crippen MR) is 68.3 cm³/mol. The molecule has 0 saturated carbocycles. The van der Waals surface area contributed by atoms with E-state index in [0.717, 1.165) is 13.1 Å². The standard InChI is InChI=1S/C13H24N2O3/c1-13(2,3)18-12(17)15-7-9-5-14(4)6-10(8-15)11(9)16/h9-11,16H,5-8H2,1-4H3. The Morgan fingerprint density at radius 1 is 1.17 bits per heavy atom. The fourth-order valence-corrected chi connectivity index (χ4v) is 2.92. The lowest BCUT2D eigenvalue weighted by atomic mass is 9.82. The van der Waals surface area contributed by atoms with Gasteiger partial charge in [-0.1, -0.05) is 0 Å². The number of hydrogen-bond acceptors (Lipinski definition) is 4. The monoisotopic (exact) mass is 256 g/mol. The van der Waals surface area contributed by atoms with Crippen molar-refractivity contribution in [1.82, 2.24) is 9.80 Å². The molecule has 5 nitrogen and oxygen atoms in total. The summed E-state index contributed by atoms with van der Waals surface area (Å²) in [5.41, 5.74) is -0.459. The molecule has 2 rings (SSSR count). The van der Waals surface area contributed by atoms with Crippen molar-refractivity contribution in [3.05, 3.63) is 0 Å². The molecule has 0 aromatic carbocycles. The maximum absolute atomic E-state index is 12.0. The second kappa shape index (κ2) is 4.70. The molecule has 2 heterocycles. The van der Waals surface area contributed by atoms with Crippen LogP contribution in [0.3, 0.4) is 0 Å². The topological polar surface area (TPSA) is 53.0 Å². The molecule has 2 atom stereocenters. The number of ether oxygens (including phenoxy) is 1. The van der Waals surface area contributed by atoms with Crippen molar-refractivity contribution in [1.29, 1.82) is 0 Å². The number of likely N-dealkylation sites (tertiary alicyclic amines) is 2. The third-order valence-corrected chi connectivity index (χ3v) is 3.62. The van der Waals surface area contributed by atoms with Crippen LogP contribution in [0.15, 0.2) is 0 Å². The van der Waals surface area contributed by atoms with Gasteiger partial charge in [0.05, 0.1) is 6.10 Å². The number of nitrogens with zero attached hydrogens (tertiary/aromatic N) is 2. The molecule has 2 aliphatic rings. The van der Waals surface area contributed by atoms with Crippen molar-refractivity contribution in [3.63, 3.8) is 0 Å². The second-order valence-corrected chi connectivity index (χ2v) is 6.62. The minimum atomic E-state index is -0.459. The lowest BCUT2D eigenvalue weighted by molar-refractivity contribution is -0.0748. The van der Waals surface area contributed by atoms with Crippen LogP contribution in [-0.4, -0.2) is 65.9 Å². The van der Waals surface area contributed by atoms with Gasteiger partial charge in [0.25, 0.3) is 0 Å². The molecule has 0 spiro atoms. The molecular formula is C13H24N2O3. The zero-order chi connectivity index (χ0) is 13.5. The third-order valence-electron chi connectivity index (χ3n) is 3.62. The summed E-state index contributed by atoms with van der Waals surface area (Å²) in [6.45, 7) is 8.50. The zero-order valence-electron chi connectivity index (χ0n) is 11.7. The van der Waals surface area contributed by atoms with Gasteiger partial charge < -0.3 is 19.6 Å². The van der Waals surface area contributed by atoms with Crippen LogP contribution in [0.2, 0.25) is 0 Å². The van der Waals surface area contributed by atoms with Gasteiger partial charge in [0.1, 0.15) is 5.60 Å². The highest BCUT2D eigenvalue weighted by molar-refractivity contribution is 5.68. The number of rotatable bonds is 0. The summed E-state index contributed by atoms with van der Waals surface area (Å²) >= 11 is 0. The maximum atomic E-state index is 12.0. The molecule has 2 unspecified atom stereocenters. The number of carbonyl (C=O) groups is 1. The molecule has 1 N–H and O–H groups in total. The van der Waals surface area contributed by atoms with Crippen molar-refractivity contribution in [2.45, 2.75) is 32.5 Å². The average molecular weight is 256 g/mol. The average Bonchev–Trinajstić information content (AvgIpc) is 2.17. The van der Waals surface area contributed by atoms with Crippen molar-refractivity contribution in [2.75, 3.05) is 33.2 Å². The molecule has 2 bridgehead atoms. The fourth-order valence-electron chi connectivity index (χ4n) is 2.92. The number of fused-ring (bicyclic) bond motifs is 2. The van der Waals surface area contributed by atoms with Gasteiger partial charge in [0, 0.05) is 38.0 Å². The Hall–Kier alpha value is -0.810. The first kappa shape index (κ1) is 13.6. The van der Waals surface area contributed by atoms with Crippen LogP contribution in [0, 0.1) is 11.8 Å². The molecule has 0 aliphatic carbocycles. The van der Waals surface area contributed by atoms with Crippen molar-refractivity contribution in [2.24, 2.45) is 11.8 Å². The largest absolute Gasteiger partial charge is 0.444 e. The predicted octanol–water partition coefficient (Wildman–Crippen LogP) is 0.776. The summed E-state index contributed by atoms with van der Waals surface area (Å²) in [6.07, 6.45) is -0.533. The Kier molecular flexibility index (Phi) is 3.56. The smallest absolute Gasteiger partial charge is 0.410 e. The lowest BCUT2D eigenvalue weighted by Crippen LogP contribution is -2.60. The summed E-state index contributed by atoms with van der Waals surface area (Å²) in [6, 6.07) is 0. The summed E-state index contributed by atoms with van der Waals surface area (Å²) in [5, 5.41) is 10.1. The zero-order valence-corrected chi connectivity index (χ0v) is 11.7. The summed E-state index contributed by atoms with van der Waals surface area (Å²) in [5.74, 6) is 0.296. The van der Waals surface area contributed by atoms with Crippen molar-refractivity contribution in [3.8, 4) is 0 Å². The molecule has 104 valence electrons. The van der Waals surface area contributed by atoms with Gasteiger partial charge in [0.15, 0.2) is 0 Å². The minimum Gasteiger partial charge on any atom is -0.444 e. The van der Waals surface area contributed by atoms with Crippen LogP contribution in [0.5, 0.6) is 0 Å². The first-order chi connectivity index (χ1) is 8.26. The van der Waals surface area contributed by atoms with Crippen LogP contribution in [0.1, 0.15) is 20.8 Å². The van der Waals surface area contributed by atoms with Gasteiger partial charge in [-0.2, -0.15) is 0 Å². The van der Waals surface area contributed by atoms with Gasteiger partial charge in [-0.15, -0.1) is 0 Å². The van der Waals surface area contributed by atoms with E-state index in [1.165, 1.54) is 0 Å². The van der Waals surface area contributed by atoms with E-state index in [9.17, 15) is 9.90 Å². The molecular weight excluding hydrogens is 232 g/mol. The van der Waals surface area contributed by atoms with Crippen LogP contribution in [0.4, 0.5) is 4.79 Å². The van der Waals surface area contributed by atoms with E-state index in [2.05, 4.69) is 11.9 Å².